The van der Waals surface area contributed by atoms with Gasteiger partial charge in [0, 0.05) is 13.1 Å². The number of hydrogen-bond donors (Lipinski definition) is 2. The van der Waals surface area contributed by atoms with Crippen LogP contribution in [0.4, 0.5) is 0 Å². The standard InChI is InChI=1S/C16H32ClNO3/c1-2-3-4-5-6-7-8-9-10-15(20)14-18(11-12-19)16(21)13-17/h15,19-20H,2-14H2,1H3. The van der Waals surface area contributed by atoms with Crippen molar-refractivity contribution in [2.24, 2.45) is 0 Å². The van der Waals surface area contributed by atoms with Gasteiger partial charge in [0.2, 0.25) is 5.91 Å². The number of hydrogen-bond acceptors (Lipinski definition) is 3. The van der Waals surface area contributed by atoms with Crippen molar-refractivity contribution in [1.82, 2.24) is 4.90 Å². The molecule has 0 saturated heterocycles. The average Bonchev–Trinajstić information content (AvgIpc) is 2.48. The molecule has 0 bridgehead atoms. The Hall–Kier alpha value is -0.320. The summed E-state index contributed by atoms with van der Waals surface area (Å²) in [5, 5.41) is 18.9. The van der Waals surface area contributed by atoms with Gasteiger partial charge >= 0.3 is 0 Å². The molecule has 0 rings (SSSR count). The van der Waals surface area contributed by atoms with Crippen LogP contribution in [0.15, 0.2) is 0 Å². The number of carbonyl (C=O) groups excluding carboxylic acids is 1. The molecule has 0 radical (unpaired) electrons. The van der Waals surface area contributed by atoms with Crippen LogP contribution in [0.1, 0.15) is 64.7 Å². The second-order valence-electron chi connectivity index (χ2n) is 5.61. The average molecular weight is 322 g/mol. The molecule has 0 fully saturated rings. The van der Waals surface area contributed by atoms with Crippen molar-refractivity contribution in [3.63, 3.8) is 0 Å². The number of halogens is 1. The third kappa shape index (κ3) is 12.0. The van der Waals surface area contributed by atoms with Crippen LogP contribution in [0.3, 0.4) is 0 Å². The van der Waals surface area contributed by atoms with Gasteiger partial charge in [-0.05, 0) is 6.42 Å². The number of aliphatic hydroxyl groups excluding tert-OH is 2. The maximum absolute atomic E-state index is 11.5. The van der Waals surface area contributed by atoms with Crippen molar-refractivity contribution >= 4 is 17.5 Å². The van der Waals surface area contributed by atoms with Gasteiger partial charge in [0.1, 0.15) is 5.88 Å². The summed E-state index contributed by atoms with van der Waals surface area (Å²) in [6, 6.07) is 0. The van der Waals surface area contributed by atoms with E-state index < -0.39 is 6.10 Å². The van der Waals surface area contributed by atoms with Crippen molar-refractivity contribution in [3.8, 4) is 0 Å². The Kier molecular flexibility index (Phi) is 14.4. The van der Waals surface area contributed by atoms with E-state index in [9.17, 15) is 9.90 Å². The molecule has 1 unspecified atom stereocenters. The molecular formula is C16H32ClNO3. The summed E-state index contributed by atoms with van der Waals surface area (Å²) in [5.74, 6) is -0.342. The van der Waals surface area contributed by atoms with Gasteiger partial charge in [-0.1, -0.05) is 58.3 Å². The van der Waals surface area contributed by atoms with Gasteiger partial charge in [-0.3, -0.25) is 4.79 Å². The first-order valence-electron chi connectivity index (χ1n) is 8.28. The molecule has 2 N–H and O–H groups in total. The fraction of sp³-hybridized carbons (Fsp3) is 0.938. The van der Waals surface area contributed by atoms with E-state index in [0.717, 1.165) is 12.8 Å². The second kappa shape index (κ2) is 14.6. The van der Waals surface area contributed by atoms with Crippen molar-refractivity contribution < 1.29 is 15.0 Å². The summed E-state index contributed by atoms with van der Waals surface area (Å²) < 4.78 is 0. The lowest BCUT2D eigenvalue weighted by molar-refractivity contribution is -0.130. The lowest BCUT2D eigenvalue weighted by Gasteiger charge is -2.23. The Labute approximate surface area is 134 Å². The largest absolute Gasteiger partial charge is 0.395 e. The van der Waals surface area contributed by atoms with Crippen LogP contribution < -0.4 is 0 Å². The molecule has 4 nitrogen and oxygen atoms in total. The van der Waals surface area contributed by atoms with Crippen LogP contribution in [0.5, 0.6) is 0 Å². The minimum Gasteiger partial charge on any atom is -0.395 e. The van der Waals surface area contributed by atoms with Crippen LogP contribution >= 0.6 is 11.6 Å². The fourth-order valence-corrected chi connectivity index (χ4v) is 2.55. The van der Waals surface area contributed by atoms with E-state index in [4.69, 9.17) is 16.7 Å². The predicted molar refractivity (Wildman–Crippen MR) is 87.6 cm³/mol. The molecule has 1 atom stereocenters. The molecule has 0 aliphatic rings. The maximum Gasteiger partial charge on any atom is 0.237 e. The second-order valence-corrected chi connectivity index (χ2v) is 5.88. The SMILES string of the molecule is CCCCCCCCCCC(O)CN(CCO)C(=O)CCl. The number of alkyl halides is 1. The Morgan fingerprint density at radius 1 is 1.10 bits per heavy atom. The highest BCUT2D eigenvalue weighted by Crippen LogP contribution is 2.11. The Morgan fingerprint density at radius 2 is 1.67 bits per heavy atom. The van der Waals surface area contributed by atoms with E-state index in [1.807, 2.05) is 0 Å². The summed E-state index contributed by atoms with van der Waals surface area (Å²) in [6.45, 7) is 2.62. The number of carbonyl (C=O) groups is 1. The molecule has 0 aliphatic heterocycles. The van der Waals surface area contributed by atoms with Gasteiger partial charge in [0.25, 0.3) is 0 Å². The van der Waals surface area contributed by atoms with Crippen molar-refractivity contribution in [3.05, 3.63) is 0 Å². The molecule has 0 aromatic carbocycles. The van der Waals surface area contributed by atoms with E-state index in [2.05, 4.69) is 6.92 Å². The van der Waals surface area contributed by atoms with Gasteiger partial charge in [0.15, 0.2) is 0 Å². The smallest absolute Gasteiger partial charge is 0.237 e. The number of unbranched alkanes of at least 4 members (excludes halogenated alkanes) is 7. The van der Waals surface area contributed by atoms with Crippen molar-refractivity contribution in [2.75, 3.05) is 25.6 Å². The zero-order chi connectivity index (χ0) is 15.9. The minimum absolute atomic E-state index is 0.104. The molecule has 5 heteroatoms. The molecule has 0 heterocycles. The fourth-order valence-electron chi connectivity index (χ4n) is 2.38. The molecular weight excluding hydrogens is 290 g/mol. The van der Waals surface area contributed by atoms with Gasteiger partial charge in [-0.15, -0.1) is 11.6 Å². The highest BCUT2D eigenvalue weighted by atomic mass is 35.5. The third-order valence-electron chi connectivity index (χ3n) is 3.66. The first-order chi connectivity index (χ1) is 10.2. The van der Waals surface area contributed by atoms with Crippen LogP contribution in [0.2, 0.25) is 0 Å². The lowest BCUT2D eigenvalue weighted by Crippen LogP contribution is -2.40. The van der Waals surface area contributed by atoms with Crippen LogP contribution in [-0.4, -0.2) is 52.7 Å². The monoisotopic (exact) mass is 321 g/mol. The first-order valence-corrected chi connectivity index (χ1v) is 8.81. The predicted octanol–water partition coefficient (Wildman–Crippen LogP) is 2.94. The third-order valence-corrected chi connectivity index (χ3v) is 3.89. The molecule has 0 aromatic rings. The molecule has 0 saturated carbocycles. The Bertz CT molecular complexity index is 252. The summed E-state index contributed by atoms with van der Waals surface area (Å²) in [7, 11) is 0. The molecule has 0 aliphatic carbocycles. The summed E-state index contributed by atoms with van der Waals surface area (Å²) in [5.41, 5.74) is 0. The number of amides is 1. The Morgan fingerprint density at radius 3 is 2.19 bits per heavy atom. The van der Waals surface area contributed by atoms with Gasteiger partial charge < -0.3 is 15.1 Å². The topological polar surface area (TPSA) is 60.8 Å². The van der Waals surface area contributed by atoms with Crippen molar-refractivity contribution in [2.45, 2.75) is 70.8 Å². The van der Waals surface area contributed by atoms with Gasteiger partial charge in [0.05, 0.1) is 12.7 Å². The highest BCUT2D eigenvalue weighted by molar-refractivity contribution is 6.27. The number of rotatable bonds is 14. The lowest BCUT2D eigenvalue weighted by atomic mass is 10.1. The van der Waals surface area contributed by atoms with Gasteiger partial charge in [-0.25, -0.2) is 0 Å². The normalized spacial score (nSPS) is 12.4. The molecule has 21 heavy (non-hydrogen) atoms. The van der Waals surface area contributed by atoms with E-state index in [1.165, 1.54) is 43.4 Å². The summed E-state index contributed by atoms with van der Waals surface area (Å²) in [6.07, 6.45) is 10.0. The molecule has 0 aromatic heterocycles. The number of aliphatic hydroxyl groups is 2. The Balaban J connectivity index is 3.63. The van der Waals surface area contributed by atoms with E-state index in [-0.39, 0.29) is 31.5 Å². The van der Waals surface area contributed by atoms with Crippen LogP contribution in [-0.2, 0) is 4.79 Å². The molecule has 1 amide bonds. The van der Waals surface area contributed by atoms with E-state index in [1.54, 1.807) is 0 Å². The minimum atomic E-state index is -0.524. The van der Waals surface area contributed by atoms with Crippen LogP contribution in [0, 0.1) is 0 Å². The summed E-state index contributed by atoms with van der Waals surface area (Å²) >= 11 is 5.51. The quantitative estimate of drug-likeness (QED) is 0.382. The van der Waals surface area contributed by atoms with Crippen molar-refractivity contribution in [1.29, 1.82) is 0 Å². The maximum atomic E-state index is 11.5. The zero-order valence-electron chi connectivity index (χ0n) is 13.4. The van der Waals surface area contributed by atoms with E-state index in [0.29, 0.717) is 6.42 Å². The summed E-state index contributed by atoms with van der Waals surface area (Å²) in [4.78, 5) is 12.9. The van der Waals surface area contributed by atoms with E-state index >= 15 is 0 Å². The molecule has 0 spiro atoms. The number of nitrogens with zero attached hydrogens (tertiary/aromatic N) is 1. The zero-order valence-corrected chi connectivity index (χ0v) is 14.2. The van der Waals surface area contributed by atoms with Crippen LogP contribution in [0.25, 0.3) is 0 Å². The molecule has 126 valence electrons. The van der Waals surface area contributed by atoms with Gasteiger partial charge in [-0.2, -0.15) is 0 Å². The first kappa shape index (κ1) is 20.7. The highest BCUT2D eigenvalue weighted by Gasteiger charge is 2.15.